The third kappa shape index (κ3) is 5.07. The first kappa shape index (κ1) is 8.21. The van der Waals surface area contributed by atoms with Crippen LogP contribution in [0.5, 0.6) is 0 Å². The van der Waals surface area contributed by atoms with E-state index in [2.05, 4.69) is 11.6 Å². The molecule has 0 spiro atoms. The Labute approximate surface area is 56.9 Å². The first-order chi connectivity index (χ1) is 4.31. The van der Waals surface area contributed by atoms with Crippen LogP contribution >= 0.6 is 0 Å². The molecule has 52 valence electrons. The Morgan fingerprint density at radius 2 is 2.33 bits per heavy atom. The molecule has 0 fully saturated rings. The van der Waals surface area contributed by atoms with Crippen molar-refractivity contribution in [3.8, 4) is 0 Å². The van der Waals surface area contributed by atoms with E-state index < -0.39 is 0 Å². The van der Waals surface area contributed by atoms with E-state index in [9.17, 15) is 0 Å². The number of hydrogen-bond acceptors (Lipinski definition) is 2. The third-order valence-corrected chi connectivity index (χ3v) is 0.993. The molecule has 0 atom stereocenters. The van der Waals surface area contributed by atoms with Crippen molar-refractivity contribution in [3.05, 3.63) is 12.8 Å². The Morgan fingerprint density at radius 1 is 1.67 bits per heavy atom. The highest BCUT2D eigenvalue weighted by atomic mass is 15.1. The highest BCUT2D eigenvalue weighted by molar-refractivity contribution is 5.59. The van der Waals surface area contributed by atoms with Crippen molar-refractivity contribution in [2.75, 3.05) is 20.1 Å². The highest BCUT2D eigenvalue weighted by Gasteiger charge is 1.80. The van der Waals surface area contributed by atoms with E-state index in [-0.39, 0.29) is 0 Å². The molecule has 0 radical (unpaired) electrons. The summed E-state index contributed by atoms with van der Waals surface area (Å²) in [6.07, 6.45) is 3.67. The number of hydrogen-bond donors (Lipinski definition) is 0. The summed E-state index contributed by atoms with van der Waals surface area (Å²) >= 11 is 0. The summed E-state index contributed by atoms with van der Waals surface area (Å²) < 4.78 is 0. The molecule has 0 aromatic heterocycles. The summed E-state index contributed by atoms with van der Waals surface area (Å²) in [5, 5.41) is 0. The van der Waals surface area contributed by atoms with Gasteiger partial charge in [-0.3, -0.25) is 4.99 Å². The maximum Gasteiger partial charge on any atom is 0.0519 e. The quantitative estimate of drug-likeness (QED) is 0.516. The van der Waals surface area contributed by atoms with Crippen molar-refractivity contribution in [3.63, 3.8) is 0 Å². The molecule has 0 aliphatic carbocycles. The van der Waals surface area contributed by atoms with Gasteiger partial charge in [0.25, 0.3) is 0 Å². The standard InChI is InChI=1S/C7H14N2/c1-4-8-6-7-9(3)5-2/h5-6H,2,4,7H2,1,3H3. The molecule has 0 aliphatic rings. The number of rotatable bonds is 4. The van der Waals surface area contributed by atoms with E-state index in [4.69, 9.17) is 0 Å². The molecule has 0 N–H and O–H groups in total. The monoisotopic (exact) mass is 126 g/mol. The van der Waals surface area contributed by atoms with Crippen molar-refractivity contribution in [2.45, 2.75) is 6.92 Å². The zero-order valence-corrected chi connectivity index (χ0v) is 6.17. The second-order valence-electron chi connectivity index (χ2n) is 1.80. The second kappa shape index (κ2) is 5.35. The van der Waals surface area contributed by atoms with E-state index in [1.54, 1.807) is 6.20 Å². The van der Waals surface area contributed by atoms with Gasteiger partial charge in [0.1, 0.15) is 0 Å². The van der Waals surface area contributed by atoms with Crippen molar-refractivity contribution in [2.24, 2.45) is 4.99 Å². The molecule has 0 aliphatic heterocycles. The largest absolute Gasteiger partial charge is 0.376 e. The highest BCUT2D eigenvalue weighted by Crippen LogP contribution is 1.76. The van der Waals surface area contributed by atoms with E-state index in [0.717, 1.165) is 13.1 Å². The normalized spacial score (nSPS) is 10.0. The van der Waals surface area contributed by atoms with E-state index in [0.29, 0.717) is 0 Å². The number of aliphatic imine (C=N–C) groups is 1. The van der Waals surface area contributed by atoms with Gasteiger partial charge in [-0.2, -0.15) is 0 Å². The summed E-state index contributed by atoms with van der Waals surface area (Å²) in [5.74, 6) is 0. The van der Waals surface area contributed by atoms with Crippen LogP contribution in [0.1, 0.15) is 6.92 Å². The molecule has 0 amide bonds. The molecule has 0 heterocycles. The summed E-state index contributed by atoms with van der Waals surface area (Å²) in [6, 6.07) is 0. The van der Waals surface area contributed by atoms with Crippen LogP contribution in [0.15, 0.2) is 17.8 Å². The summed E-state index contributed by atoms with van der Waals surface area (Å²) in [6.45, 7) is 7.35. The van der Waals surface area contributed by atoms with E-state index >= 15 is 0 Å². The lowest BCUT2D eigenvalue weighted by molar-refractivity contribution is 0.530. The Hall–Kier alpha value is -0.790. The predicted molar refractivity (Wildman–Crippen MR) is 41.9 cm³/mol. The Kier molecular flexibility index (Phi) is 4.88. The molecule has 0 saturated heterocycles. The Morgan fingerprint density at radius 3 is 2.78 bits per heavy atom. The van der Waals surface area contributed by atoms with E-state index in [1.165, 1.54) is 0 Å². The Bertz CT molecular complexity index is 97.1. The van der Waals surface area contributed by atoms with Gasteiger partial charge in [0.2, 0.25) is 0 Å². The summed E-state index contributed by atoms with van der Waals surface area (Å²) in [5.41, 5.74) is 0. The minimum Gasteiger partial charge on any atom is -0.376 e. The molecule has 0 bridgehead atoms. The van der Waals surface area contributed by atoms with Crippen LogP contribution in [-0.2, 0) is 0 Å². The number of nitrogens with zero attached hydrogens (tertiary/aromatic N) is 2. The van der Waals surface area contributed by atoms with Crippen molar-refractivity contribution in [1.82, 2.24) is 4.90 Å². The first-order valence-corrected chi connectivity index (χ1v) is 3.12. The van der Waals surface area contributed by atoms with Crippen molar-refractivity contribution >= 4 is 6.21 Å². The SMILES string of the molecule is C=CN(C)CC=NCC. The lowest BCUT2D eigenvalue weighted by Crippen LogP contribution is -2.12. The molecule has 2 nitrogen and oxygen atoms in total. The van der Waals surface area contributed by atoms with Crippen LogP contribution in [0.25, 0.3) is 0 Å². The molecule has 0 saturated carbocycles. The van der Waals surface area contributed by atoms with Gasteiger partial charge in [-0.25, -0.2) is 0 Å². The third-order valence-electron chi connectivity index (χ3n) is 0.993. The lowest BCUT2D eigenvalue weighted by Gasteiger charge is -2.07. The van der Waals surface area contributed by atoms with E-state index in [1.807, 2.05) is 25.1 Å². The minimum absolute atomic E-state index is 0.858. The average molecular weight is 126 g/mol. The first-order valence-electron chi connectivity index (χ1n) is 3.12. The fraction of sp³-hybridized carbons (Fsp3) is 0.571. The molecule has 2 heteroatoms. The van der Waals surface area contributed by atoms with Gasteiger partial charge in [0.05, 0.1) is 6.54 Å². The topological polar surface area (TPSA) is 15.6 Å². The predicted octanol–water partition coefficient (Wildman–Crippen LogP) is 1.15. The van der Waals surface area contributed by atoms with Gasteiger partial charge < -0.3 is 4.90 Å². The fourth-order valence-electron chi connectivity index (χ4n) is 0.390. The summed E-state index contributed by atoms with van der Waals surface area (Å²) in [4.78, 5) is 6.02. The average Bonchev–Trinajstić information content (AvgIpc) is 1.89. The molecule has 0 aromatic rings. The zero-order chi connectivity index (χ0) is 7.11. The van der Waals surface area contributed by atoms with Gasteiger partial charge in [-0.05, 0) is 13.1 Å². The van der Waals surface area contributed by atoms with Gasteiger partial charge in [0, 0.05) is 19.8 Å². The van der Waals surface area contributed by atoms with Crippen LogP contribution < -0.4 is 0 Å². The maximum absolute atomic E-state index is 4.05. The van der Waals surface area contributed by atoms with Gasteiger partial charge >= 0.3 is 0 Å². The van der Waals surface area contributed by atoms with Crippen LogP contribution in [-0.4, -0.2) is 31.3 Å². The lowest BCUT2D eigenvalue weighted by atomic mass is 10.6. The molecular formula is C7H14N2. The zero-order valence-electron chi connectivity index (χ0n) is 6.17. The molecule has 0 unspecified atom stereocenters. The second-order valence-corrected chi connectivity index (χ2v) is 1.80. The molecule has 9 heavy (non-hydrogen) atoms. The minimum atomic E-state index is 0.858. The smallest absolute Gasteiger partial charge is 0.0519 e. The van der Waals surface area contributed by atoms with Gasteiger partial charge in [-0.1, -0.05) is 6.58 Å². The van der Waals surface area contributed by atoms with Gasteiger partial charge in [-0.15, -0.1) is 0 Å². The van der Waals surface area contributed by atoms with Crippen LogP contribution in [0.2, 0.25) is 0 Å². The molecule has 0 rings (SSSR count). The molecular weight excluding hydrogens is 112 g/mol. The van der Waals surface area contributed by atoms with Crippen LogP contribution in [0.4, 0.5) is 0 Å². The Balaban J connectivity index is 3.25. The fourth-order valence-corrected chi connectivity index (χ4v) is 0.390. The van der Waals surface area contributed by atoms with Gasteiger partial charge in [0.15, 0.2) is 0 Å². The van der Waals surface area contributed by atoms with Crippen LogP contribution in [0.3, 0.4) is 0 Å². The van der Waals surface area contributed by atoms with Crippen molar-refractivity contribution in [1.29, 1.82) is 0 Å². The maximum atomic E-state index is 4.05. The molecule has 0 aromatic carbocycles. The summed E-state index contributed by atoms with van der Waals surface area (Å²) in [7, 11) is 1.97. The van der Waals surface area contributed by atoms with Crippen LogP contribution in [0, 0.1) is 0 Å². The van der Waals surface area contributed by atoms with Crippen molar-refractivity contribution < 1.29 is 0 Å².